The van der Waals surface area contributed by atoms with Gasteiger partial charge in [-0.2, -0.15) is 0 Å². The van der Waals surface area contributed by atoms with Gasteiger partial charge in [0.05, 0.1) is 12.0 Å². The van der Waals surface area contributed by atoms with Crippen LogP contribution in [-0.2, 0) is 11.3 Å². The molecule has 1 N–H and O–H groups in total. The molecule has 0 aliphatic carbocycles. The lowest BCUT2D eigenvalue weighted by molar-refractivity contribution is 0.0683. The molecule has 22 heavy (non-hydrogen) atoms. The minimum absolute atomic E-state index is 0.0326. The van der Waals surface area contributed by atoms with Gasteiger partial charge >= 0.3 is 5.97 Å². The van der Waals surface area contributed by atoms with Crippen LogP contribution in [0.1, 0.15) is 16.2 Å². The van der Waals surface area contributed by atoms with Gasteiger partial charge in [-0.05, 0) is 25.1 Å². The van der Waals surface area contributed by atoms with Crippen LogP contribution >= 0.6 is 0 Å². The van der Waals surface area contributed by atoms with Crippen LogP contribution in [0.25, 0.3) is 16.7 Å². The summed E-state index contributed by atoms with van der Waals surface area (Å²) in [6.07, 6.45) is 0. The first-order valence-electron chi connectivity index (χ1n) is 6.78. The van der Waals surface area contributed by atoms with Gasteiger partial charge in [0.1, 0.15) is 17.0 Å². The summed E-state index contributed by atoms with van der Waals surface area (Å²) in [6.45, 7) is 2.46. The molecule has 0 saturated heterocycles. The van der Waals surface area contributed by atoms with Crippen LogP contribution in [0.4, 0.5) is 0 Å². The Balaban J connectivity index is 2.42. The molecule has 7 heteroatoms. The molecule has 3 rings (SSSR count). The van der Waals surface area contributed by atoms with Crippen molar-refractivity contribution in [1.29, 1.82) is 0 Å². The summed E-state index contributed by atoms with van der Waals surface area (Å²) in [5, 5.41) is 9.64. The van der Waals surface area contributed by atoms with E-state index in [1.54, 1.807) is 6.07 Å². The Morgan fingerprint density at radius 2 is 2.18 bits per heavy atom. The van der Waals surface area contributed by atoms with E-state index >= 15 is 0 Å². The fourth-order valence-electron chi connectivity index (χ4n) is 2.59. The normalized spacial score (nSPS) is 11.4. The molecule has 0 fully saturated rings. The SMILES string of the molecule is COCCn1c(C(=O)O)cc2c(=O)n3c(C)cccc3nc21. The molecular weight excluding hydrogens is 286 g/mol. The number of rotatable bonds is 4. The number of aromatic carboxylic acids is 1. The first kappa shape index (κ1) is 14.3. The summed E-state index contributed by atoms with van der Waals surface area (Å²) in [5.41, 5.74) is 1.37. The molecule has 114 valence electrons. The second-order valence-corrected chi connectivity index (χ2v) is 4.99. The van der Waals surface area contributed by atoms with Crippen LogP contribution in [0.5, 0.6) is 0 Å². The van der Waals surface area contributed by atoms with Gasteiger partial charge in [0.25, 0.3) is 5.56 Å². The molecule has 0 spiro atoms. The number of ether oxygens (including phenoxy) is 1. The number of pyridine rings is 1. The van der Waals surface area contributed by atoms with Gasteiger partial charge in [-0.3, -0.25) is 9.20 Å². The molecule has 0 aliphatic heterocycles. The monoisotopic (exact) mass is 301 g/mol. The molecule has 0 bridgehead atoms. The maximum Gasteiger partial charge on any atom is 0.352 e. The Labute approximate surface area is 125 Å². The first-order chi connectivity index (χ1) is 10.5. The molecule has 3 aromatic rings. The van der Waals surface area contributed by atoms with Gasteiger partial charge in [0.15, 0.2) is 0 Å². The number of carboxylic acid groups (broad SMARTS) is 1. The van der Waals surface area contributed by atoms with Crippen LogP contribution in [0.15, 0.2) is 29.1 Å². The van der Waals surface area contributed by atoms with Crippen LogP contribution in [0.3, 0.4) is 0 Å². The molecule has 0 aromatic carbocycles. The minimum Gasteiger partial charge on any atom is -0.477 e. The molecule has 3 heterocycles. The van der Waals surface area contributed by atoms with Crippen molar-refractivity contribution in [1.82, 2.24) is 14.0 Å². The maximum absolute atomic E-state index is 12.7. The summed E-state index contributed by atoms with van der Waals surface area (Å²) in [6, 6.07) is 6.72. The van der Waals surface area contributed by atoms with E-state index in [0.717, 1.165) is 5.69 Å². The Bertz CT molecular complexity index is 939. The van der Waals surface area contributed by atoms with Crippen molar-refractivity contribution in [2.45, 2.75) is 13.5 Å². The predicted molar refractivity (Wildman–Crippen MR) is 80.5 cm³/mol. The fourth-order valence-corrected chi connectivity index (χ4v) is 2.59. The molecule has 0 aliphatic rings. The van der Waals surface area contributed by atoms with Crippen molar-refractivity contribution in [3.05, 3.63) is 46.0 Å². The Morgan fingerprint density at radius 3 is 2.86 bits per heavy atom. The molecule has 0 radical (unpaired) electrons. The van der Waals surface area contributed by atoms with E-state index in [2.05, 4.69) is 4.98 Å². The quantitative estimate of drug-likeness (QED) is 0.785. The zero-order valence-electron chi connectivity index (χ0n) is 12.2. The highest BCUT2D eigenvalue weighted by Crippen LogP contribution is 2.17. The van der Waals surface area contributed by atoms with Crippen molar-refractivity contribution in [3.8, 4) is 0 Å². The number of carboxylic acids is 1. The largest absolute Gasteiger partial charge is 0.477 e. The zero-order valence-corrected chi connectivity index (χ0v) is 12.2. The van der Waals surface area contributed by atoms with Crippen molar-refractivity contribution < 1.29 is 14.6 Å². The number of fused-ring (bicyclic) bond motifs is 2. The van der Waals surface area contributed by atoms with Crippen molar-refractivity contribution >= 4 is 22.6 Å². The van der Waals surface area contributed by atoms with E-state index in [1.807, 2.05) is 19.1 Å². The van der Waals surface area contributed by atoms with Crippen LogP contribution in [0, 0.1) is 6.92 Å². The third-order valence-electron chi connectivity index (χ3n) is 3.63. The van der Waals surface area contributed by atoms with E-state index in [9.17, 15) is 14.7 Å². The van der Waals surface area contributed by atoms with Gasteiger partial charge in [-0.25, -0.2) is 9.78 Å². The van der Waals surface area contributed by atoms with E-state index in [4.69, 9.17) is 4.74 Å². The highest BCUT2D eigenvalue weighted by molar-refractivity contribution is 5.93. The molecular formula is C15H15N3O4. The minimum atomic E-state index is -1.10. The summed E-state index contributed by atoms with van der Waals surface area (Å²) < 4.78 is 8.00. The molecule has 7 nitrogen and oxygen atoms in total. The lowest BCUT2D eigenvalue weighted by Crippen LogP contribution is -2.18. The highest BCUT2D eigenvalue weighted by Gasteiger charge is 2.19. The second-order valence-electron chi connectivity index (χ2n) is 4.99. The van der Waals surface area contributed by atoms with Gasteiger partial charge in [0, 0.05) is 19.3 Å². The lowest BCUT2D eigenvalue weighted by atomic mass is 10.3. The molecule has 0 atom stereocenters. The number of nitrogens with zero attached hydrogens (tertiary/aromatic N) is 3. The molecule has 0 saturated carbocycles. The average Bonchev–Trinajstić information content (AvgIpc) is 2.84. The number of aryl methyl sites for hydroxylation is 1. The number of hydrogen-bond acceptors (Lipinski definition) is 4. The number of hydrogen-bond donors (Lipinski definition) is 1. The van der Waals surface area contributed by atoms with Crippen molar-refractivity contribution in [2.75, 3.05) is 13.7 Å². The van der Waals surface area contributed by atoms with Gasteiger partial charge < -0.3 is 14.4 Å². The summed E-state index contributed by atoms with van der Waals surface area (Å²) in [5.74, 6) is -1.10. The van der Waals surface area contributed by atoms with Gasteiger partial charge in [-0.15, -0.1) is 0 Å². The topological polar surface area (TPSA) is 85.8 Å². The van der Waals surface area contributed by atoms with E-state index in [0.29, 0.717) is 29.8 Å². The van der Waals surface area contributed by atoms with Crippen molar-refractivity contribution in [2.24, 2.45) is 0 Å². The first-order valence-corrected chi connectivity index (χ1v) is 6.78. The van der Waals surface area contributed by atoms with E-state index in [1.165, 1.54) is 22.1 Å². The summed E-state index contributed by atoms with van der Waals surface area (Å²) in [4.78, 5) is 28.5. The van der Waals surface area contributed by atoms with E-state index < -0.39 is 5.97 Å². The maximum atomic E-state index is 12.7. The molecule has 0 unspecified atom stereocenters. The Morgan fingerprint density at radius 1 is 1.41 bits per heavy atom. The van der Waals surface area contributed by atoms with Gasteiger partial charge in [0.2, 0.25) is 0 Å². The van der Waals surface area contributed by atoms with Crippen LogP contribution in [0.2, 0.25) is 0 Å². The average molecular weight is 301 g/mol. The smallest absolute Gasteiger partial charge is 0.352 e. The standard InChI is InChI=1S/C15H15N3O4/c1-9-4-3-5-12-16-13-10(14(19)18(9)12)8-11(15(20)21)17(13)6-7-22-2/h3-5,8H,6-7H2,1-2H3,(H,20,21). The third-order valence-corrected chi connectivity index (χ3v) is 3.63. The van der Waals surface area contributed by atoms with E-state index in [-0.39, 0.29) is 11.3 Å². The predicted octanol–water partition coefficient (Wildman–Crippen LogP) is 1.30. The summed E-state index contributed by atoms with van der Waals surface area (Å²) >= 11 is 0. The number of methoxy groups -OCH3 is 1. The van der Waals surface area contributed by atoms with Crippen LogP contribution in [-0.4, -0.2) is 38.7 Å². The van der Waals surface area contributed by atoms with Crippen LogP contribution < -0.4 is 5.56 Å². The third kappa shape index (κ3) is 2.06. The lowest BCUT2D eigenvalue weighted by Gasteiger charge is -2.08. The zero-order chi connectivity index (χ0) is 15.9. The highest BCUT2D eigenvalue weighted by atomic mass is 16.5. The Hall–Kier alpha value is -2.67. The van der Waals surface area contributed by atoms with Crippen molar-refractivity contribution in [3.63, 3.8) is 0 Å². The Kier molecular flexibility index (Phi) is 3.42. The number of carbonyl (C=O) groups is 1. The summed E-state index contributed by atoms with van der Waals surface area (Å²) in [7, 11) is 1.53. The second kappa shape index (κ2) is 5.27. The fraction of sp³-hybridized carbons (Fsp3) is 0.267. The molecule has 0 amide bonds. The van der Waals surface area contributed by atoms with Gasteiger partial charge in [-0.1, -0.05) is 6.07 Å². The molecule has 3 aromatic heterocycles. The number of aromatic nitrogens is 3.